The smallest absolute Gasteiger partial charge is 0.141 e. The number of fused-ring (bicyclic) bond motifs is 1. The molecule has 29 heavy (non-hydrogen) atoms. The van der Waals surface area contributed by atoms with Gasteiger partial charge in [0.15, 0.2) is 0 Å². The molecule has 1 unspecified atom stereocenters. The second-order valence-electron chi connectivity index (χ2n) is 8.49. The van der Waals surface area contributed by atoms with Crippen LogP contribution in [0.1, 0.15) is 25.7 Å². The Morgan fingerprint density at radius 3 is 2.66 bits per heavy atom. The number of piperidine rings is 2. The Morgan fingerprint density at radius 2 is 1.86 bits per heavy atom. The maximum Gasteiger partial charge on any atom is 0.141 e. The van der Waals surface area contributed by atoms with E-state index in [1.54, 1.807) is 17.7 Å². The maximum atomic E-state index is 6.17. The Kier molecular flexibility index (Phi) is 5.48. The molecule has 3 aromatic rings. The van der Waals surface area contributed by atoms with Crippen molar-refractivity contribution in [3.63, 3.8) is 0 Å². The van der Waals surface area contributed by atoms with E-state index in [1.807, 2.05) is 0 Å². The molecule has 1 aromatic carbocycles. The molecular weight excluding hydrogens is 378 g/mol. The van der Waals surface area contributed by atoms with E-state index in [4.69, 9.17) is 10.7 Å². The summed E-state index contributed by atoms with van der Waals surface area (Å²) in [7, 11) is 0. The highest BCUT2D eigenvalue weighted by Gasteiger charge is 2.26. The molecule has 0 amide bonds. The summed E-state index contributed by atoms with van der Waals surface area (Å²) >= 11 is 1.71. The van der Waals surface area contributed by atoms with Gasteiger partial charge in [0.1, 0.15) is 17.0 Å². The van der Waals surface area contributed by atoms with Gasteiger partial charge >= 0.3 is 0 Å². The Hall–Kier alpha value is -2.02. The van der Waals surface area contributed by atoms with Crippen molar-refractivity contribution in [2.45, 2.75) is 31.7 Å². The van der Waals surface area contributed by atoms with Crippen LogP contribution in [-0.2, 0) is 0 Å². The van der Waals surface area contributed by atoms with Crippen molar-refractivity contribution >= 4 is 27.4 Å². The molecule has 0 bridgehead atoms. The Labute approximate surface area is 176 Å². The Balaban J connectivity index is 1.33. The van der Waals surface area contributed by atoms with Crippen molar-refractivity contribution in [2.24, 2.45) is 11.7 Å². The van der Waals surface area contributed by atoms with Gasteiger partial charge in [-0.25, -0.2) is 9.97 Å². The molecule has 0 aliphatic carbocycles. The minimum atomic E-state index is 0.369. The van der Waals surface area contributed by atoms with Gasteiger partial charge in [-0.05, 0) is 43.7 Å². The van der Waals surface area contributed by atoms with E-state index in [1.165, 1.54) is 55.3 Å². The molecule has 0 saturated carbocycles. The van der Waals surface area contributed by atoms with Crippen molar-refractivity contribution in [1.29, 1.82) is 0 Å². The van der Waals surface area contributed by atoms with Crippen LogP contribution in [0.5, 0.6) is 0 Å². The van der Waals surface area contributed by atoms with Gasteiger partial charge in [-0.1, -0.05) is 30.3 Å². The molecular formula is C23H29N5S. The van der Waals surface area contributed by atoms with Gasteiger partial charge in [-0.15, -0.1) is 11.3 Å². The first-order valence-electron chi connectivity index (χ1n) is 10.8. The van der Waals surface area contributed by atoms with Crippen LogP contribution in [0, 0.1) is 5.92 Å². The van der Waals surface area contributed by atoms with Crippen LogP contribution in [0.15, 0.2) is 42.0 Å². The van der Waals surface area contributed by atoms with Crippen LogP contribution >= 0.6 is 11.3 Å². The fraction of sp³-hybridized carbons (Fsp3) is 0.478. The summed E-state index contributed by atoms with van der Waals surface area (Å²) in [6.45, 7) is 5.63. The average molecular weight is 408 g/mol. The van der Waals surface area contributed by atoms with Crippen LogP contribution in [0.25, 0.3) is 21.3 Å². The van der Waals surface area contributed by atoms with Crippen LogP contribution in [0.4, 0.5) is 5.82 Å². The molecule has 5 rings (SSSR count). The maximum absolute atomic E-state index is 6.17. The third-order valence-electron chi connectivity index (χ3n) is 6.41. The number of rotatable bonds is 4. The fourth-order valence-electron chi connectivity index (χ4n) is 4.88. The lowest BCUT2D eigenvalue weighted by molar-refractivity contribution is 0.168. The highest BCUT2D eigenvalue weighted by Crippen LogP contribution is 2.38. The zero-order valence-corrected chi connectivity index (χ0v) is 17.7. The van der Waals surface area contributed by atoms with Crippen molar-refractivity contribution < 1.29 is 0 Å². The lowest BCUT2D eigenvalue weighted by Crippen LogP contribution is -2.46. The number of benzene rings is 1. The van der Waals surface area contributed by atoms with Crippen molar-refractivity contribution in [3.05, 3.63) is 42.0 Å². The van der Waals surface area contributed by atoms with Crippen LogP contribution in [0.2, 0.25) is 0 Å². The first-order chi connectivity index (χ1) is 14.3. The standard InChI is InChI=1S/C23H29N5S/c24-19-7-4-10-27(14-19)13-17-8-11-28(12-9-17)22-21-20(18-5-2-1-3-6-18)15-29-23(21)26-16-25-22/h1-3,5-6,15-17,19H,4,7-14,24H2. The molecule has 152 valence electrons. The second-order valence-corrected chi connectivity index (χ2v) is 9.34. The van der Waals surface area contributed by atoms with Gasteiger partial charge in [-0.2, -0.15) is 0 Å². The van der Waals surface area contributed by atoms with Gasteiger partial charge in [0, 0.05) is 43.2 Å². The van der Waals surface area contributed by atoms with E-state index in [2.05, 4.69) is 50.5 Å². The number of likely N-dealkylation sites (tertiary alicyclic amines) is 1. The molecule has 0 spiro atoms. The van der Waals surface area contributed by atoms with Gasteiger partial charge < -0.3 is 15.5 Å². The Bertz CT molecular complexity index is 948. The fourth-order valence-corrected chi connectivity index (χ4v) is 5.79. The number of nitrogens with zero attached hydrogens (tertiary/aromatic N) is 4. The molecule has 2 aromatic heterocycles. The van der Waals surface area contributed by atoms with Gasteiger partial charge in [0.05, 0.1) is 5.39 Å². The lowest BCUT2D eigenvalue weighted by atomic mass is 9.94. The summed E-state index contributed by atoms with van der Waals surface area (Å²) in [6.07, 6.45) is 6.61. The summed E-state index contributed by atoms with van der Waals surface area (Å²) in [6, 6.07) is 11.0. The molecule has 0 radical (unpaired) electrons. The molecule has 2 aliphatic rings. The molecule has 4 heterocycles. The Morgan fingerprint density at radius 1 is 1.03 bits per heavy atom. The minimum absolute atomic E-state index is 0.369. The first-order valence-corrected chi connectivity index (χ1v) is 11.7. The van der Waals surface area contributed by atoms with Crippen LogP contribution in [0.3, 0.4) is 0 Å². The molecule has 5 nitrogen and oxygen atoms in total. The molecule has 2 aliphatic heterocycles. The molecule has 2 fully saturated rings. The number of hydrogen-bond donors (Lipinski definition) is 1. The quantitative estimate of drug-likeness (QED) is 0.708. The third-order valence-corrected chi connectivity index (χ3v) is 7.29. The predicted molar refractivity (Wildman–Crippen MR) is 121 cm³/mol. The largest absolute Gasteiger partial charge is 0.356 e. The summed E-state index contributed by atoms with van der Waals surface area (Å²) in [5.41, 5.74) is 8.67. The monoisotopic (exact) mass is 407 g/mol. The van der Waals surface area contributed by atoms with Crippen LogP contribution in [-0.4, -0.2) is 53.6 Å². The van der Waals surface area contributed by atoms with Crippen molar-refractivity contribution in [1.82, 2.24) is 14.9 Å². The summed E-state index contributed by atoms with van der Waals surface area (Å²) < 4.78 is 0. The number of aromatic nitrogens is 2. The first kappa shape index (κ1) is 19.0. The van der Waals surface area contributed by atoms with Gasteiger partial charge in [-0.3, -0.25) is 0 Å². The third kappa shape index (κ3) is 4.02. The van der Waals surface area contributed by atoms with Crippen LogP contribution < -0.4 is 10.6 Å². The highest BCUT2D eigenvalue weighted by atomic mass is 32.1. The van der Waals surface area contributed by atoms with Crippen molar-refractivity contribution in [3.8, 4) is 11.1 Å². The summed E-state index contributed by atoms with van der Waals surface area (Å²) in [4.78, 5) is 15.4. The topological polar surface area (TPSA) is 58.3 Å². The van der Waals surface area contributed by atoms with Gasteiger partial charge in [0.2, 0.25) is 0 Å². The normalized spacial score (nSPS) is 21.7. The average Bonchev–Trinajstić information content (AvgIpc) is 3.19. The summed E-state index contributed by atoms with van der Waals surface area (Å²) in [5.74, 6) is 1.87. The van der Waals surface area contributed by atoms with E-state index in [0.717, 1.165) is 36.2 Å². The SMILES string of the molecule is NC1CCCN(CC2CCN(c3ncnc4scc(-c5ccccc5)c34)CC2)C1. The second kappa shape index (κ2) is 8.38. The predicted octanol–water partition coefficient (Wildman–Crippen LogP) is 4.00. The van der Waals surface area contributed by atoms with Crippen molar-refractivity contribution in [2.75, 3.05) is 37.6 Å². The van der Waals surface area contributed by atoms with E-state index in [-0.39, 0.29) is 0 Å². The van der Waals surface area contributed by atoms with E-state index < -0.39 is 0 Å². The highest BCUT2D eigenvalue weighted by molar-refractivity contribution is 7.17. The molecule has 1 atom stereocenters. The zero-order chi connectivity index (χ0) is 19.6. The molecule has 2 saturated heterocycles. The lowest BCUT2D eigenvalue weighted by Gasteiger charge is -2.38. The van der Waals surface area contributed by atoms with Gasteiger partial charge in [0.25, 0.3) is 0 Å². The summed E-state index contributed by atoms with van der Waals surface area (Å²) in [5, 5.41) is 3.44. The number of anilines is 1. The van der Waals surface area contributed by atoms with E-state index in [0.29, 0.717) is 6.04 Å². The van der Waals surface area contributed by atoms with E-state index >= 15 is 0 Å². The molecule has 6 heteroatoms. The zero-order valence-electron chi connectivity index (χ0n) is 16.8. The number of hydrogen-bond acceptors (Lipinski definition) is 6. The number of nitrogens with two attached hydrogens (primary N) is 1. The minimum Gasteiger partial charge on any atom is -0.356 e. The molecule has 2 N–H and O–H groups in total. The number of thiophene rings is 1. The van der Waals surface area contributed by atoms with E-state index in [9.17, 15) is 0 Å².